The fourth-order valence-corrected chi connectivity index (χ4v) is 2.62. The van der Waals surface area contributed by atoms with Crippen molar-refractivity contribution in [2.75, 3.05) is 0 Å². The molecule has 3 aromatic carbocycles. The van der Waals surface area contributed by atoms with Gasteiger partial charge in [0.2, 0.25) is 0 Å². The van der Waals surface area contributed by atoms with Gasteiger partial charge in [0.1, 0.15) is 11.5 Å². The summed E-state index contributed by atoms with van der Waals surface area (Å²) in [7, 11) is 0. The van der Waals surface area contributed by atoms with E-state index in [0.29, 0.717) is 11.1 Å². The molecular weight excluding hydrogens is 430 g/mol. The summed E-state index contributed by atoms with van der Waals surface area (Å²) in [6, 6.07) is 15.7. The molecule has 0 aromatic heterocycles. The first-order valence-electron chi connectivity index (χ1n) is 9.37. The Morgan fingerprint density at radius 2 is 1.21 bits per heavy atom. The summed E-state index contributed by atoms with van der Waals surface area (Å²) in [5.74, 6) is -1.71. The van der Waals surface area contributed by atoms with Crippen molar-refractivity contribution in [2.24, 2.45) is 10.2 Å². The predicted octanol–water partition coefficient (Wildman–Crippen LogP) is 2.53. The van der Waals surface area contributed by atoms with Gasteiger partial charge < -0.3 is 10.2 Å². The summed E-state index contributed by atoms with van der Waals surface area (Å²) in [5, 5.41) is 38.1. The van der Waals surface area contributed by atoms with Crippen LogP contribution in [0.1, 0.15) is 31.8 Å². The largest absolute Gasteiger partial charge is 0.507 e. The van der Waals surface area contributed by atoms with E-state index in [1.165, 1.54) is 24.6 Å². The molecule has 0 fully saturated rings. The number of hydrogen-bond acceptors (Lipinski definition) is 8. The second-order valence-electron chi connectivity index (χ2n) is 6.54. The van der Waals surface area contributed by atoms with Gasteiger partial charge in [-0.2, -0.15) is 10.2 Å². The zero-order valence-corrected chi connectivity index (χ0v) is 16.9. The molecule has 11 heteroatoms. The van der Waals surface area contributed by atoms with E-state index in [9.17, 15) is 29.9 Å². The van der Waals surface area contributed by atoms with Crippen LogP contribution in [-0.2, 0) is 0 Å². The van der Waals surface area contributed by atoms with E-state index in [-0.39, 0.29) is 22.6 Å². The Bertz CT molecular complexity index is 1180. The number of non-ortho nitro benzene ring substituents is 1. The van der Waals surface area contributed by atoms with E-state index >= 15 is 0 Å². The minimum absolute atomic E-state index is 0.0471. The molecule has 0 heterocycles. The van der Waals surface area contributed by atoms with Crippen molar-refractivity contribution in [3.63, 3.8) is 0 Å². The van der Waals surface area contributed by atoms with Crippen LogP contribution in [0.3, 0.4) is 0 Å². The molecule has 2 amide bonds. The summed E-state index contributed by atoms with van der Waals surface area (Å²) < 4.78 is 0. The molecule has 3 rings (SSSR count). The molecule has 0 saturated carbocycles. The Labute approximate surface area is 186 Å². The van der Waals surface area contributed by atoms with Crippen molar-refractivity contribution in [1.29, 1.82) is 0 Å². The Balaban J connectivity index is 1.76. The number of para-hydroxylation sites is 2. The lowest BCUT2D eigenvalue weighted by atomic mass is 10.1. The van der Waals surface area contributed by atoms with E-state index in [1.807, 2.05) is 0 Å². The molecule has 0 aliphatic rings. The number of nitro benzene ring substituents is 1. The van der Waals surface area contributed by atoms with Gasteiger partial charge in [-0.1, -0.05) is 24.3 Å². The maximum absolute atomic E-state index is 12.4. The van der Waals surface area contributed by atoms with Crippen molar-refractivity contribution in [3.8, 4) is 11.5 Å². The van der Waals surface area contributed by atoms with E-state index in [2.05, 4.69) is 21.1 Å². The molecule has 0 unspecified atom stereocenters. The predicted molar refractivity (Wildman–Crippen MR) is 119 cm³/mol. The number of rotatable bonds is 7. The van der Waals surface area contributed by atoms with Crippen LogP contribution in [0.25, 0.3) is 0 Å². The molecule has 0 aliphatic heterocycles. The van der Waals surface area contributed by atoms with Gasteiger partial charge >= 0.3 is 0 Å². The third-order valence-corrected chi connectivity index (χ3v) is 4.27. The second-order valence-corrected chi connectivity index (χ2v) is 6.54. The van der Waals surface area contributed by atoms with Gasteiger partial charge in [-0.15, -0.1) is 0 Å². The minimum Gasteiger partial charge on any atom is -0.507 e. The number of benzene rings is 3. The highest BCUT2D eigenvalue weighted by atomic mass is 16.6. The Morgan fingerprint density at radius 1 is 0.788 bits per heavy atom. The zero-order valence-electron chi connectivity index (χ0n) is 16.9. The van der Waals surface area contributed by atoms with E-state index in [1.54, 1.807) is 36.4 Å². The SMILES string of the molecule is O=C(N/N=C/c1ccccc1O)c1cc(C(=O)N/N=C/c2ccccc2O)cc([N+](=O)[O-])c1. The van der Waals surface area contributed by atoms with Gasteiger partial charge in [0.05, 0.1) is 17.4 Å². The highest BCUT2D eigenvalue weighted by molar-refractivity contribution is 6.01. The Hall–Kier alpha value is -5.06. The quantitative estimate of drug-likeness (QED) is 0.247. The van der Waals surface area contributed by atoms with Gasteiger partial charge in [0.25, 0.3) is 17.5 Å². The van der Waals surface area contributed by atoms with Crippen LogP contribution >= 0.6 is 0 Å². The number of carbonyl (C=O) groups excluding carboxylic acids is 2. The number of carbonyl (C=O) groups is 2. The molecule has 4 N–H and O–H groups in total. The van der Waals surface area contributed by atoms with Crippen LogP contribution in [0.2, 0.25) is 0 Å². The molecule has 33 heavy (non-hydrogen) atoms. The number of nitrogens with one attached hydrogen (secondary N) is 2. The molecule has 0 aliphatic carbocycles. The summed E-state index contributed by atoms with van der Waals surface area (Å²) in [4.78, 5) is 35.3. The van der Waals surface area contributed by atoms with Gasteiger partial charge in [-0.05, 0) is 30.3 Å². The van der Waals surface area contributed by atoms with Crippen molar-refractivity contribution in [1.82, 2.24) is 10.9 Å². The first-order valence-corrected chi connectivity index (χ1v) is 9.37. The van der Waals surface area contributed by atoms with Crippen molar-refractivity contribution >= 4 is 29.9 Å². The van der Waals surface area contributed by atoms with Crippen LogP contribution in [0, 0.1) is 10.1 Å². The highest BCUT2D eigenvalue weighted by Crippen LogP contribution is 2.18. The molecule has 0 saturated heterocycles. The average Bonchev–Trinajstić information content (AvgIpc) is 2.81. The van der Waals surface area contributed by atoms with E-state index in [0.717, 1.165) is 18.2 Å². The van der Waals surface area contributed by atoms with Gasteiger partial charge in [-0.3, -0.25) is 19.7 Å². The number of phenolic OH excluding ortho intramolecular Hbond substituents is 2. The lowest BCUT2D eigenvalue weighted by Crippen LogP contribution is -2.21. The number of nitrogens with zero attached hydrogens (tertiary/aromatic N) is 3. The van der Waals surface area contributed by atoms with Crippen molar-refractivity contribution < 1.29 is 24.7 Å². The number of hydrazone groups is 2. The highest BCUT2D eigenvalue weighted by Gasteiger charge is 2.18. The second kappa shape index (κ2) is 10.3. The number of aromatic hydroxyl groups is 2. The molecule has 0 bridgehead atoms. The van der Waals surface area contributed by atoms with Crippen LogP contribution < -0.4 is 10.9 Å². The standard InChI is InChI=1S/C22H17N5O6/c28-19-7-3-1-5-14(19)12-23-25-21(30)16-9-17(11-18(10-16)27(32)33)22(31)26-24-13-15-6-2-4-8-20(15)29/h1-13,28-29H,(H,25,30)(H,26,31)/b23-12+,24-13+. The first kappa shape index (κ1) is 22.6. The fraction of sp³-hybridized carbons (Fsp3) is 0. The van der Waals surface area contributed by atoms with Crippen molar-refractivity contribution in [2.45, 2.75) is 0 Å². The van der Waals surface area contributed by atoms with Gasteiger partial charge in [0, 0.05) is 34.4 Å². The summed E-state index contributed by atoms with van der Waals surface area (Å²) in [6.45, 7) is 0. The third-order valence-electron chi connectivity index (χ3n) is 4.27. The maximum Gasteiger partial charge on any atom is 0.271 e. The van der Waals surface area contributed by atoms with Crippen LogP contribution in [0.15, 0.2) is 76.9 Å². The lowest BCUT2D eigenvalue weighted by molar-refractivity contribution is -0.384. The first-order chi connectivity index (χ1) is 15.8. The van der Waals surface area contributed by atoms with Gasteiger partial charge in [0.15, 0.2) is 0 Å². The molecule has 0 spiro atoms. The number of nitro groups is 1. The monoisotopic (exact) mass is 447 g/mol. The normalized spacial score (nSPS) is 10.9. The van der Waals surface area contributed by atoms with E-state index < -0.39 is 22.4 Å². The number of amides is 2. The maximum atomic E-state index is 12.4. The summed E-state index contributed by atoms with van der Waals surface area (Å²) >= 11 is 0. The summed E-state index contributed by atoms with van der Waals surface area (Å²) in [6.07, 6.45) is 2.40. The molecular formula is C22H17N5O6. The lowest BCUT2D eigenvalue weighted by Gasteiger charge is -2.05. The summed E-state index contributed by atoms with van der Waals surface area (Å²) in [5.41, 5.74) is 4.21. The fourth-order valence-electron chi connectivity index (χ4n) is 2.62. The number of hydrogen-bond donors (Lipinski definition) is 4. The number of phenols is 2. The minimum atomic E-state index is -0.808. The van der Waals surface area contributed by atoms with Crippen LogP contribution in [-0.4, -0.2) is 39.4 Å². The molecule has 166 valence electrons. The average molecular weight is 447 g/mol. The third kappa shape index (κ3) is 5.98. The topological polar surface area (TPSA) is 167 Å². The van der Waals surface area contributed by atoms with Crippen LogP contribution in [0.4, 0.5) is 5.69 Å². The van der Waals surface area contributed by atoms with Gasteiger partial charge in [-0.25, -0.2) is 10.9 Å². The Morgan fingerprint density at radius 3 is 1.61 bits per heavy atom. The van der Waals surface area contributed by atoms with Crippen LogP contribution in [0.5, 0.6) is 11.5 Å². The van der Waals surface area contributed by atoms with Crippen molar-refractivity contribution in [3.05, 3.63) is 99.1 Å². The molecule has 0 atom stereocenters. The smallest absolute Gasteiger partial charge is 0.271 e. The molecule has 11 nitrogen and oxygen atoms in total. The molecule has 3 aromatic rings. The Kier molecular flexibility index (Phi) is 7.06. The molecule has 0 radical (unpaired) electrons. The zero-order chi connectivity index (χ0) is 23.8. The van der Waals surface area contributed by atoms with E-state index in [4.69, 9.17) is 0 Å².